The molecule has 11 nitrogen and oxygen atoms in total. The molecule has 2 bridgehead atoms. The van der Waals surface area contributed by atoms with Gasteiger partial charge in [-0.05, 0) is 52.4 Å². The van der Waals surface area contributed by atoms with Gasteiger partial charge in [0.15, 0.2) is 11.5 Å². The maximum Gasteiger partial charge on any atom is 0.261 e. The lowest BCUT2D eigenvalue weighted by Crippen LogP contribution is -2.68. The number of H-pyrrole nitrogens is 1. The van der Waals surface area contributed by atoms with E-state index in [1.54, 1.807) is 0 Å². The van der Waals surface area contributed by atoms with Crippen molar-refractivity contribution in [1.29, 1.82) is 0 Å². The van der Waals surface area contributed by atoms with E-state index in [9.17, 15) is 4.79 Å². The lowest BCUT2D eigenvalue weighted by Gasteiger charge is -2.52. The highest BCUT2D eigenvalue weighted by Crippen LogP contribution is 2.70. The maximum absolute atomic E-state index is 12.4. The van der Waals surface area contributed by atoms with Crippen LogP contribution in [0, 0.1) is 12.3 Å². The van der Waals surface area contributed by atoms with E-state index < -0.39 is 19.3 Å². The highest BCUT2D eigenvalue weighted by Gasteiger charge is 2.75. The second-order valence-corrected chi connectivity index (χ2v) is 22.0. The van der Waals surface area contributed by atoms with Crippen molar-refractivity contribution in [3.05, 3.63) is 126 Å². The zero-order chi connectivity index (χ0) is 39.6. The lowest BCUT2D eigenvalue weighted by molar-refractivity contribution is -0.115. The smallest absolute Gasteiger partial charge is 0.261 e. The number of ether oxygens (including phenoxy) is 1. The summed E-state index contributed by atoms with van der Waals surface area (Å²) in [6, 6.07) is 34.5. The Morgan fingerprint density at radius 1 is 1.00 bits per heavy atom. The van der Waals surface area contributed by atoms with Gasteiger partial charge in [-0.15, -0.1) is 10.2 Å². The molecule has 6 aromatic rings. The molecule has 1 saturated carbocycles. The van der Waals surface area contributed by atoms with Gasteiger partial charge < -0.3 is 14.1 Å². The number of amides is 1. The van der Waals surface area contributed by atoms with Crippen molar-refractivity contribution in [3.63, 3.8) is 0 Å². The van der Waals surface area contributed by atoms with Crippen LogP contribution >= 0.6 is 0 Å². The molecule has 3 aromatic carbocycles. The van der Waals surface area contributed by atoms with Gasteiger partial charge in [0.2, 0.25) is 11.9 Å². The molecular formula is C45H52N8O3Si. The third-order valence-electron chi connectivity index (χ3n) is 12.9. The summed E-state index contributed by atoms with van der Waals surface area (Å²) >= 11 is 0. The number of aryl methyl sites for hydroxylation is 1. The highest BCUT2D eigenvalue weighted by atomic mass is 28.4. The molecule has 1 aliphatic carbocycles. The fourth-order valence-electron chi connectivity index (χ4n) is 10.0. The van der Waals surface area contributed by atoms with Gasteiger partial charge in [0, 0.05) is 36.9 Å². The Bertz CT molecular complexity index is 2380. The summed E-state index contributed by atoms with van der Waals surface area (Å²) in [5, 5.41) is 17.9. The highest BCUT2D eigenvalue weighted by molar-refractivity contribution is 6.99. The minimum absolute atomic E-state index is 0.0693. The van der Waals surface area contributed by atoms with Crippen molar-refractivity contribution < 1.29 is 14.0 Å². The summed E-state index contributed by atoms with van der Waals surface area (Å²) < 4.78 is 16.4. The number of nitrogens with one attached hydrogen (secondary N) is 2. The van der Waals surface area contributed by atoms with Gasteiger partial charge in [0.1, 0.15) is 11.4 Å². The van der Waals surface area contributed by atoms with Gasteiger partial charge >= 0.3 is 0 Å². The molecule has 57 heavy (non-hydrogen) atoms. The summed E-state index contributed by atoms with van der Waals surface area (Å²) in [6.45, 7) is 15.9. The van der Waals surface area contributed by atoms with Crippen LogP contribution in [-0.2, 0) is 25.0 Å². The molecule has 3 aromatic heterocycles. The van der Waals surface area contributed by atoms with E-state index in [0.717, 1.165) is 36.4 Å². The minimum atomic E-state index is -2.88. The number of carbonyl (C=O) groups excluding carboxylic acids is 1. The predicted molar refractivity (Wildman–Crippen MR) is 225 cm³/mol. The molecule has 3 unspecified atom stereocenters. The van der Waals surface area contributed by atoms with Gasteiger partial charge in [-0.25, -0.2) is 9.50 Å². The summed E-state index contributed by atoms with van der Waals surface area (Å²) in [7, 11) is -2.88. The standard InChI is InChI=1S/C45H52N8O3Si/c1-7-36(54)46-41-47-38(49-50-41)37-44(30-56-57(42(3,4)5,34-19-13-9-14-20-34)35-21-15-10-16-22-35)27-45(37,55-29-44)40-48-39-31(2)25-33(26-53(39)51-40)52-24-23-43(6,28-52)32-17-11-8-12-18-32/h8-22,25-26,37H,7,23-24,27-30H2,1-6H3,(H2,46,47,49,50,54)/t37?,43-,44?,45?/m0/s1. The number of anilines is 2. The lowest BCUT2D eigenvalue weighted by atomic mass is 9.53. The third-order valence-corrected chi connectivity index (χ3v) is 17.9. The Labute approximate surface area is 335 Å². The minimum Gasteiger partial charge on any atom is -0.407 e. The number of benzene rings is 3. The largest absolute Gasteiger partial charge is 0.407 e. The Kier molecular flexibility index (Phi) is 9.02. The van der Waals surface area contributed by atoms with E-state index in [0.29, 0.717) is 37.7 Å². The van der Waals surface area contributed by atoms with Crippen LogP contribution in [0.15, 0.2) is 103 Å². The first-order chi connectivity index (χ1) is 27.4. The predicted octanol–water partition coefficient (Wildman–Crippen LogP) is 6.65. The van der Waals surface area contributed by atoms with Crippen molar-refractivity contribution in [3.8, 4) is 0 Å². The summed E-state index contributed by atoms with van der Waals surface area (Å²) in [5.74, 6) is 1.05. The Hall–Kier alpha value is -5.17. The zero-order valence-electron chi connectivity index (χ0n) is 33.8. The first-order valence-electron chi connectivity index (χ1n) is 20.2. The van der Waals surface area contributed by atoms with Crippen LogP contribution in [-0.4, -0.2) is 70.3 Å². The van der Waals surface area contributed by atoms with E-state index >= 15 is 0 Å². The molecule has 0 radical (unpaired) electrons. The topological polar surface area (TPSA) is 123 Å². The van der Waals surface area contributed by atoms with Crippen molar-refractivity contribution in [2.24, 2.45) is 5.41 Å². The molecule has 294 valence electrons. The summed E-state index contributed by atoms with van der Waals surface area (Å²) in [6.07, 6.45) is 4.17. The molecule has 2 N–H and O–H groups in total. The molecule has 6 heterocycles. The zero-order valence-corrected chi connectivity index (χ0v) is 34.8. The SMILES string of the molecule is CCC(=O)Nc1n[nH]c(C2C3(CO[Si](c4ccccc4)(c4ccccc4)C(C)(C)C)COC2(c2nc4c(C)cc(N5CC[C@](C)(c6ccccc6)C5)cn4n2)C3)n1. The Morgan fingerprint density at radius 2 is 1.67 bits per heavy atom. The summed E-state index contributed by atoms with van der Waals surface area (Å²) in [5.41, 5.74) is 3.11. The van der Waals surface area contributed by atoms with Gasteiger partial charge in [-0.1, -0.05) is 126 Å². The molecule has 12 heteroatoms. The molecule has 0 spiro atoms. The van der Waals surface area contributed by atoms with Gasteiger partial charge in [-0.3, -0.25) is 15.2 Å². The number of aromatic nitrogens is 6. The van der Waals surface area contributed by atoms with Crippen molar-refractivity contribution in [2.75, 3.05) is 36.5 Å². The van der Waals surface area contributed by atoms with Crippen molar-refractivity contribution in [1.82, 2.24) is 29.8 Å². The van der Waals surface area contributed by atoms with Gasteiger partial charge in [0.25, 0.3) is 8.32 Å². The second-order valence-electron chi connectivity index (χ2n) is 17.7. The molecular weight excluding hydrogens is 729 g/mol. The molecule has 4 atom stereocenters. The van der Waals surface area contributed by atoms with E-state index in [-0.39, 0.29) is 28.2 Å². The van der Waals surface area contributed by atoms with E-state index in [1.807, 2.05) is 11.4 Å². The van der Waals surface area contributed by atoms with Crippen LogP contribution in [0.1, 0.15) is 82.6 Å². The van der Waals surface area contributed by atoms with Crippen molar-refractivity contribution in [2.45, 2.75) is 82.8 Å². The van der Waals surface area contributed by atoms with Crippen LogP contribution in [0.3, 0.4) is 0 Å². The fourth-order valence-corrected chi connectivity index (χ4v) is 14.7. The van der Waals surface area contributed by atoms with Crippen LogP contribution in [0.5, 0.6) is 0 Å². The van der Waals surface area contributed by atoms with Gasteiger partial charge in [0.05, 0.1) is 24.4 Å². The summed E-state index contributed by atoms with van der Waals surface area (Å²) in [4.78, 5) is 24.9. The number of rotatable bonds is 11. The number of hydrogen-bond donors (Lipinski definition) is 2. The number of fused-ring (bicyclic) bond motifs is 2. The second kappa shape index (κ2) is 13.7. The van der Waals surface area contributed by atoms with Crippen molar-refractivity contribution >= 4 is 41.9 Å². The van der Waals surface area contributed by atoms with Crippen LogP contribution in [0.4, 0.5) is 11.6 Å². The molecule has 4 aliphatic rings. The van der Waals surface area contributed by atoms with Crippen LogP contribution in [0.25, 0.3) is 5.65 Å². The molecule has 1 amide bonds. The number of nitrogens with zero attached hydrogens (tertiary/aromatic N) is 6. The van der Waals surface area contributed by atoms with E-state index in [2.05, 4.69) is 158 Å². The average molecular weight is 781 g/mol. The molecule has 3 aliphatic heterocycles. The van der Waals surface area contributed by atoms with Gasteiger partial charge in [-0.2, -0.15) is 4.98 Å². The fraction of sp³-hybridized carbons (Fsp3) is 0.400. The first-order valence-corrected chi connectivity index (χ1v) is 22.1. The third kappa shape index (κ3) is 6.02. The van der Waals surface area contributed by atoms with Crippen LogP contribution in [0.2, 0.25) is 5.04 Å². The molecule has 4 fully saturated rings. The number of carbonyl (C=O) groups is 1. The molecule has 3 saturated heterocycles. The maximum atomic E-state index is 12.4. The Balaban J connectivity index is 1.08. The number of hydrogen-bond acceptors (Lipinski definition) is 8. The van der Waals surface area contributed by atoms with E-state index in [1.165, 1.54) is 15.9 Å². The normalized spacial score (nSPS) is 24.5. The number of pyridine rings is 1. The molecule has 10 rings (SSSR count). The first kappa shape index (κ1) is 37.4. The number of aromatic amines is 1. The Morgan fingerprint density at radius 3 is 2.32 bits per heavy atom. The quantitative estimate of drug-likeness (QED) is 0.140. The van der Waals surface area contributed by atoms with Crippen LogP contribution < -0.4 is 20.6 Å². The average Bonchev–Trinajstić information content (AvgIpc) is 4.05. The van der Waals surface area contributed by atoms with E-state index in [4.69, 9.17) is 24.2 Å². The monoisotopic (exact) mass is 780 g/mol.